The molecule has 2 atom stereocenters. The summed E-state index contributed by atoms with van der Waals surface area (Å²) in [6.07, 6.45) is 3.14. The first kappa shape index (κ1) is 15.0. The van der Waals surface area contributed by atoms with Gasteiger partial charge in [0, 0.05) is 6.54 Å². The van der Waals surface area contributed by atoms with E-state index in [0.29, 0.717) is 12.5 Å². The highest BCUT2D eigenvalue weighted by molar-refractivity contribution is 6.04. The Morgan fingerprint density at radius 2 is 2.00 bits per heavy atom. The van der Waals surface area contributed by atoms with E-state index >= 15 is 0 Å². The van der Waals surface area contributed by atoms with Crippen molar-refractivity contribution in [1.82, 2.24) is 15.5 Å². The summed E-state index contributed by atoms with van der Waals surface area (Å²) in [5.74, 6) is 0.240. The Bertz CT molecular complexity index is 550. The van der Waals surface area contributed by atoms with Gasteiger partial charge in [-0.2, -0.15) is 0 Å². The van der Waals surface area contributed by atoms with Gasteiger partial charge in [0.1, 0.15) is 6.04 Å². The Hall–Kier alpha value is -1.88. The molecule has 2 saturated heterocycles. The molecule has 5 nitrogen and oxygen atoms in total. The van der Waals surface area contributed by atoms with Gasteiger partial charge in [0.05, 0.1) is 0 Å². The molecule has 1 aromatic rings. The normalized spacial score (nSPS) is 25.4. The van der Waals surface area contributed by atoms with E-state index in [9.17, 15) is 9.59 Å². The van der Waals surface area contributed by atoms with Crippen LogP contribution in [0.3, 0.4) is 0 Å². The van der Waals surface area contributed by atoms with Crippen molar-refractivity contribution in [3.63, 3.8) is 0 Å². The van der Waals surface area contributed by atoms with Crippen molar-refractivity contribution in [3.05, 3.63) is 35.4 Å². The molecule has 1 aromatic carbocycles. The highest BCUT2D eigenvalue weighted by Gasteiger charge is 2.39. The van der Waals surface area contributed by atoms with E-state index in [1.165, 1.54) is 10.5 Å². The molecule has 2 heterocycles. The fourth-order valence-electron chi connectivity index (χ4n) is 3.20. The lowest BCUT2D eigenvalue weighted by atomic mass is 9.99. The summed E-state index contributed by atoms with van der Waals surface area (Å²) in [6.45, 7) is 4.52. The minimum atomic E-state index is -0.532. The lowest BCUT2D eigenvalue weighted by Gasteiger charge is -2.25. The van der Waals surface area contributed by atoms with Crippen LogP contribution in [0, 0.1) is 5.92 Å². The summed E-state index contributed by atoms with van der Waals surface area (Å²) < 4.78 is 0. The van der Waals surface area contributed by atoms with Gasteiger partial charge in [0.15, 0.2) is 0 Å². The SMILES string of the molecule is CCc1ccc(C2NC(=O)N(CC3CCCNC3)C2=O)cc1. The number of imide groups is 1. The average molecular weight is 301 g/mol. The minimum absolute atomic E-state index is 0.125. The van der Waals surface area contributed by atoms with Crippen LogP contribution in [-0.2, 0) is 11.2 Å². The van der Waals surface area contributed by atoms with E-state index in [1.807, 2.05) is 24.3 Å². The van der Waals surface area contributed by atoms with Crippen LogP contribution in [0.1, 0.15) is 36.9 Å². The lowest BCUT2D eigenvalue weighted by Crippen LogP contribution is -2.41. The second kappa shape index (κ2) is 6.48. The maximum Gasteiger partial charge on any atom is 0.325 e. The second-order valence-electron chi connectivity index (χ2n) is 6.14. The van der Waals surface area contributed by atoms with Crippen LogP contribution in [0.2, 0.25) is 0 Å². The largest absolute Gasteiger partial charge is 0.325 e. The fraction of sp³-hybridized carbons (Fsp3) is 0.529. The molecule has 22 heavy (non-hydrogen) atoms. The number of hydrogen-bond acceptors (Lipinski definition) is 3. The topological polar surface area (TPSA) is 61.4 Å². The zero-order chi connectivity index (χ0) is 15.5. The molecule has 2 aliphatic heterocycles. The van der Waals surface area contributed by atoms with E-state index in [1.54, 1.807) is 0 Å². The Kier molecular flexibility index (Phi) is 4.43. The van der Waals surface area contributed by atoms with Crippen molar-refractivity contribution < 1.29 is 9.59 Å². The molecule has 0 spiro atoms. The van der Waals surface area contributed by atoms with Crippen LogP contribution in [-0.4, -0.2) is 36.5 Å². The van der Waals surface area contributed by atoms with Gasteiger partial charge in [-0.1, -0.05) is 31.2 Å². The summed E-state index contributed by atoms with van der Waals surface area (Å²) in [5.41, 5.74) is 2.09. The van der Waals surface area contributed by atoms with Gasteiger partial charge in [-0.3, -0.25) is 9.69 Å². The Morgan fingerprint density at radius 1 is 1.23 bits per heavy atom. The number of rotatable bonds is 4. The molecule has 2 aliphatic rings. The monoisotopic (exact) mass is 301 g/mol. The van der Waals surface area contributed by atoms with Crippen molar-refractivity contribution in [2.24, 2.45) is 5.92 Å². The van der Waals surface area contributed by atoms with Crippen molar-refractivity contribution in [2.45, 2.75) is 32.2 Å². The Morgan fingerprint density at radius 3 is 2.64 bits per heavy atom. The molecule has 3 rings (SSSR count). The molecule has 0 aliphatic carbocycles. The van der Waals surface area contributed by atoms with E-state index in [-0.39, 0.29) is 11.9 Å². The minimum Gasteiger partial charge on any atom is -0.322 e. The van der Waals surface area contributed by atoms with Gasteiger partial charge >= 0.3 is 6.03 Å². The first-order valence-electron chi connectivity index (χ1n) is 8.10. The zero-order valence-corrected chi connectivity index (χ0v) is 13.0. The zero-order valence-electron chi connectivity index (χ0n) is 13.0. The van der Waals surface area contributed by atoms with Crippen LogP contribution in [0.15, 0.2) is 24.3 Å². The molecule has 2 fully saturated rings. The number of urea groups is 1. The fourth-order valence-corrected chi connectivity index (χ4v) is 3.20. The number of benzene rings is 1. The number of piperidine rings is 1. The molecular weight excluding hydrogens is 278 g/mol. The summed E-state index contributed by atoms with van der Waals surface area (Å²) in [7, 11) is 0. The first-order chi connectivity index (χ1) is 10.7. The summed E-state index contributed by atoms with van der Waals surface area (Å²) >= 11 is 0. The predicted molar refractivity (Wildman–Crippen MR) is 84.4 cm³/mol. The number of carbonyl (C=O) groups is 2. The maximum atomic E-state index is 12.6. The quantitative estimate of drug-likeness (QED) is 0.834. The molecule has 2 N–H and O–H groups in total. The van der Waals surface area contributed by atoms with Crippen molar-refractivity contribution >= 4 is 11.9 Å². The highest BCUT2D eigenvalue weighted by Crippen LogP contribution is 2.24. The molecule has 0 aromatic heterocycles. The number of aryl methyl sites for hydroxylation is 1. The Labute approximate surface area is 131 Å². The van der Waals surface area contributed by atoms with Gasteiger partial charge in [0.25, 0.3) is 5.91 Å². The van der Waals surface area contributed by atoms with Gasteiger partial charge in [-0.05, 0) is 49.4 Å². The predicted octanol–water partition coefficient (Wildman–Crippen LogP) is 1.84. The summed E-state index contributed by atoms with van der Waals surface area (Å²) in [4.78, 5) is 26.1. The second-order valence-corrected chi connectivity index (χ2v) is 6.14. The number of amides is 3. The standard InChI is InChI=1S/C17H23N3O2/c1-2-12-5-7-14(8-6-12)15-16(21)20(17(22)19-15)11-13-4-3-9-18-10-13/h5-8,13,15,18H,2-4,9-11H2,1H3,(H,19,22). The van der Waals surface area contributed by atoms with Crippen molar-refractivity contribution in [3.8, 4) is 0 Å². The van der Waals surface area contributed by atoms with Gasteiger partial charge in [0.2, 0.25) is 0 Å². The third-order valence-corrected chi connectivity index (χ3v) is 4.59. The van der Waals surface area contributed by atoms with Gasteiger partial charge < -0.3 is 10.6 Å². The van der Waals surface area contributed by atoms with E-state index in [0.717, 1.165) is 37.9 Å². The number of nitrogens with one attached hydrogen (secondary N) is 2. The summed E-state index contributed by atoms with van der Waals surface area (Å²) in [5, 5.41) is 6.14. The lowest BCUT2D eigenvalue weighted by molar-refractivity contribution is -0.128. The third kappa shape index (κ3) is 2.99. The molecule has 0 radical (unpaired) electrons. The van der Waals surface area contributed by atoms with E-state index in [4.69, 9.17) is 0 Å². The van der Waals surface area contributed by atoms with Crippen LogP contribution < -0.4 is 10.6 Å². The molecule has 2 unspecified atom stereocenters. The average Bonchev–Trinajstić information content (AvgIpc) is 2.84. The third-order valence-electron chi connectivity index (χ3n) is 4.59. The van der Waals surface area contributed by atoms with E-state index in [2.05, 4.69) is 17.6 Å². The van der Waals surface area contributed by atoms with Crippen LogP contribution in [0.5, 0.6) is 0 Å². The van der Waals surface area contributed by atoms with Crippen LogP contribution in [0.4, 0.5) is 4.79 Å². The highest BCUT2D eigenvalue weighted by atomic mass is 16.2. The Balaban J connectivity index is 1.69. The summed E-state index contributed by atoms with van der Waals surface area (Å²) in [6, 6.07) is 7.11. The molecule has 5 heteroatoms. The van der Waals surface area contributed by atoms with Gasteiger partial charge in [-0.25, -0.2) is 4.79 Å². The number of carbonyl (C=O) groups excluding carboxylic acids is 2. The van der Waals surface area contributed by atoms with Crippen LogP contribution >= 0.6 is 0 Å². The molecule has 0 saturated carbocycles. The number of nitrogens with zero attached hydrogens (tertiary/aromatic N) is 1. The first-order valence-corrected chi connectivity index (χ1v) is 8.10. The molecular formula is C17H23N3O2. The maximum absolute atomic E-state index is 12.6. The van der Waals surface area contributed by atoms with Crippen molar-refractivity contribution in [2.75, 3.05) is 19.6 Å². The van der Waals surface area contributed by atoms with E-state index < -0.39 is 6.04 Å². The van der Waals surface area contributed by atoms with Crippen LogP contribution in [0.25, 0.3) is 0 Å². The molecule has 118 valence electrons. The smallest absolute Gasteiger partial charge is 0.322 e. The number of hydrogen-bond donors (Lipinski definition) is 2. The molecule has 0 bridgehead atoms. The molecule has 3 amide bonds. The van der Waals surface area contributed by atoms with Crippen molar-refractivity contribution in [1.29, 1.82) is 0 Å². The van der Waals surface area contributed by atoms with Gasteiger partial charge in [-0.15, -0.1) is 0 Å².